The summed E-state index contributed by atoms with van der Waals surface area (Å²) >= 11 is 0. The van der Waals surface area contributed by atoms with Gasteiger partial charge in [-0.2, -0.15) is 0 Å². The predicted octanol–water partition coefficient (Wildman–Crippen LogP) is 0.0372. The second kappa shape index (κ2) is 4.25. The largest absolute Gasteiger partial charge is 0.354 e. The van der Waals surface area contributed by atoms with Gasteiger partial charge in [0.2, 0.25) is 11.8 Å². The molecule has 0 saturated carbocycles. The molecule has 1 fully saturated rings. The van der Waals surface area contributed by atoms with Gasteiger partial charge in [0.15, 0.2) is 0 Å². The first kappa shape index (κ1) is 10.0. The van der Waals surface area contributed by atoms with Crippen LogP contribution in [0.5, 0.6) is 0 Å². The van der Waals surface area contributed by atoms with Crippen molar-refractivity contribution in [3.05, 3.63) is 0 Å². The molecule has 0 aliphatic carbocycles. The third-order valence-electron chi connectivity index (χ3n) is 2.01. The van der Waals surface area contributed by atoms with E-state index in [-0.39, 0.29) is 17.9 Å². The third-order valence-corrected chi connectivity index (χ3v) is 2.01. The van der Waals surface area contributed by atoms with Crippen molar-refractivity contribution in [3.63, 3.8) is 0 Å². The van der Waals surface area contributed by atoms with Crippen molar-refractivity contribution in [3.8, 4) is 0 Å². The lowest BCUT2D eigenvalue weighted by Gasteiger charge is -2.16. The van der Waals surface area contributed by atoms with Crippen LogP contribution < -0.4 is 10.6 Å². The highest BCUT2D eigenvalue weighted by Crippen LogP contribution is 2.06. The Kier molecular flexibility index (Phi) is 3.28. The lowest BCUT2D eigenvalue weighted by atomic mass is 10.0. The summed E-state index contributed by atoms with van der Waals surface area (Å²) in [6, 6.07) is -0.338. The molecule has 0 aromatic heterocycles. The molecule has 13 heavy (non-hydrogen) atoms. The molecule has 1 saturated heterocycles. The van der Waals surface area contributed by atoms with Crippen molar-refractivity contribution in [2.45, 2.75) is 32.7 Å². The van der Waals surface area contributed by atoms with E-state index in [1.807, 2.05) is 13.8 Å². The quantitative estimate of drug-likeness (QED) is 0.636. The van der Waals surface area contributed by atoms with Crippen LogP contribution in [-0.2, 0) is 9.59 Å². The molecule has 0 bridgehead atoms. The van der Waals surface area contributed by atoms with Gasteiger partial charge in [-0.3, -0.25) is 9.59 Å². The monoisotopic (exact) mass is 184 g/mol. The van der Waals surface area contributed by atoms with E-state index in [1.54, 1.807) is 0 Å². The first-order valence-electron chi connectivity index (χ1n) is 4.66. The second-order valence-corrected chi connectivity index (χ2v) is 3.79. The van der Waals surface area contributed by atoms with Crippen molar-refractivity contribution >= 4 is 11.8 Å². The zero-order valence-corrected chi connectivity index (χ0v) is 8.09. The molecular weight excluding hydrogens is 168 g/mol. The molecule has 0 aromatic carbocycles. The number of nitrogens with one attached hydrogen (secondary N) is 2. The second-order valence-electron chi connectivity index (χ2n) is 3.79. The average molecular weight is 184 g/mol. The Morgan fingerprint density at radius 1 is 1.46 bits per heavy atom. The van der Waals surface area contributed by atoms with Crippen molar-refractivity contribution < 1.29 is 9.59 Å². The fraction of sp³-hybridized carbons (Fsp3) is 0.778. The standard InChI is InChI=1S/C9H16N2O2/c1-6(2)5-7-9(13)10-4-3-8(12)11-7/h6-7H,3-5H2,1-2H3,(H,10,13)(H,11,12). The number of rotatable bonds is 2. The van der Waals surface area contributed by atoms with Gasteiger partial charge in [-0.1, -0.05) is 13.8 Å². The summed E-state index contributed by atoms with van der Waals surface area (Å²) in [6.07, 6.45) is 1.10. The van der Waals surface area contributed by atoms with Gasteiger partial charge in [0.1, 0.15) is 6.04 Å². The average Bonchev–Trinajstić information content (AvgIpc) is 2.14. The zero-order valence-electron chi connectivity index (χ0n) is 8.09. The van der Waals surface area contributed by atoms with E-state index in [9.17, 15) is 9.59 Å². The molecule has 1 atom stereocenters. The van der Waals surface area contributed by atoms with Crippen molar-refractivity contribution in [1.82, 2.24) is 10.6 Å². The predicted molar refractivity (Wildman–Crippen MR) is 49.0 cm³/mol. The summed E-state index contributed by atoms with van der Waals surface area (Å²) < 4.78 is 0. The maximum atomic E-state index is 11.4. The van der Waals surface area contributed by atoms with E-state index < -0.39 is 0 Å². The first-order valence-corrected chi connectivity index (χ1v) is 4.66. The molecule has 4 heteroatoms. The molecule has 0 spiro atoms. The number of amides is 2. The van der Waals surface area contributed by atoms with Crippen molar-refractivity contribution in [2.75, 3.05) is 6.54 Å². The van der Waals surface area contributed by atoms with Gasteiger partial charge < -0.3 is 10.6 Å². The van der Waals surface area contributed by atoms with E-state index >= 15 is 0 Å². The van der Waals surface area contributed by atoms with Gasteiger partial charge in [0.05, 0.1) is 0 Å². The maximum Gasteiger partial charge on any atom is 0.242 e. The van der Waals surface area contributed by atoms with E-state index in [2.05, 4.69) is 10.6 Å². The molecule has 4 nitrogen and oxygen atoms in total. The van der Waals surface area contributed by atoms with Gasteiger partial charge >= 0.3 is 0 Å². The maximum absolute atomic E-state index is 11.4. The molecule has 0 radical (unpaired) electrons. The SMILES string of the molecule is CC(C)CC1NC(=O)CCNC1=O. The molecule has 1 heterocycles. The molecule has 1 unspecified atom stereocenters. The molecule has 1 rings (SSSR count). The van der Waals surface area contributed by atoms with Gasteiger partial charge in [-0.25, -0.2) is 0 Å². The Labute approximate surface area is 78.1 Å². The Morgan fingerprint density at radius 3 is 2.77 bits per heavy atom. The number of hydrogen-bond donors (Lipinski definition) is 2. The number of hydrogen-bond acceptors (Lipinski definition) is 2. The number of carbonyl (C=O) groups is 2. The topological polar surface area (TPSA) is 58.2 Å². The molecular formula is C9H16N2O2. The summed E-state index contributed by atoms with van der Waals surface area (Å²) in [4.78, 5) is 22.5. The van der Waals surface area contributed by atoms with Crippen LogP contribution in [0.15, 0.2) is 0 Å². The Bertz CT molecular complexity index is 214. The highest BCUT2D eigenvalue weighted by Gasteiger charge is 2.24. The van der Waals surface area contributed by atoms with Crippen LogP contribution in [0.1, 0.15) is 26.7 Å². The van der Waals surface area contributed by atoms with Crippen LogP contribution >= 0.6 is 0 Å². The number of carbonyl (C=O) groups excluding carboxylic acids is 2. The molecule has 1 aliphatic rings. The minimum absolute atomic E-state index is 0.0380. The zero-order chi connectivity index (χ0) is 9.84. The molecule has 2 N–H and O–H groups in total. The molecule has 0 aromatic rings. The minimum atomic E-state index is -0.338. The van der Waals surface area contributed by atoms with Crippen LogP contribution in [0.2, 0.25) is 0 Å². The van der Waals surface area contributed by atoms with Gasteiger partial charge in [-0.15, -0.1) is 0 Å². The first-order chi connectivity index (χ1) is 6.09. The van der Waals surface area contributed by atoms with Gasteiger partial charge in [0, 0.05) is 13.0 Å². The van der Waals surface area contributed by atoms with E-state index in [0.29, 0.717) is 25.3 Å². The summed E-state index contributed by atoms with van der Waals surface area (Å²) in [5.74, 6) is 0.317. The summed E-state index contributed by atoms with van der Waals surface area (Å²) in [5, 5.41) is 5.42. The smallest absolute Gasteiger partial charge is 0.242 e. The Morgan fingerprint density at radius 2 is 2.15 bits per heavy atom. The van der Waals surface area contributed by atoms with Crippen molar-refractivity contribution in [1.29, 1.82) is 0 Å². The molecule has 2 amide bonds. The lowest BCUT2D eigenvalue weighted by Crippen LogP contribution is -2.43. The van der Waals surface area contributed by atoms with E-state index in [0.717, 1.165) is 0 Å². The van der Waals surface area contributed by atoms with Crippen LogP contribution in [0, 0.1) is 5.92 Å². The molecule has 1 aliphatic heterocycles. The third kappa shape index (κ3) is 3.05. The van der Waals surface area contributed by atoms with Gasteiger partial charge in [-0.05, 0) is 12.3 Å². The summed E-state index contributed by atoms with van der Waals surface area (Å²) in [7, 11) is 0. The normalized spacial score (nSPS) is 23.8. The van der Waals surface area contributed by atoms with Crippen LogP contribution in [-0.4, -0.2) is 24.4 Å². The van der Waals surface area contributed by atoms with Gasteiger partial charge in [0.25, 0.3) is 0 Å². The highest BCUT2D eigenvalue weighted by atomic mass is 16.2. The Hall–Kier alpha value is -1.06. The summed E-state index contributed by atoms with van der Waals surface area (Å²) in [6.45, 7) is 4.52. The van der Waals surface area contributed by atoms with E-state index in [4.69, 9.17) is 0 Å². The van der Waals surface area contributed by atoms with Crippen LogP contribution in [0.3, 0.4) is 0 Å². The minimum Gasteiger partial charge on any atom is -0.354 e. The fourth-order valence-corrected chi connectivity index (χ4v) is 1.39. The van der Waals surface area contributed by atoms with Crippen LogP contribution in [0.25, 0.3) is 0 Å². The van der Waals surface area contributed by atoms with Crippen LogP contribution in [0.4, 0.5) is 0 Å². The molecule has 74 valence electrons. The van der Waals surface area contributed by atoms with E-state index in [1.165, 1.54) is 0 Å². The summed E-state index contributed by atoms with van der Waals surface area (Å²) in [5.41, 5.74) is 0. The fourth-order valence-electron chi connectivity index (χ4n) is 1.39. The van der Waals surface area contributed by atoms with Crippen molar-refractivity contribution in [2.24, 2.45) is 5.92 Å². The Balaban J connectivity index is 2.56. The highest BCUT2D eigenvalue weighted by molar-refractivity contribution is 5.89. The lowest BCUT2D eigenvalue weighted by molar-refractivity contribution is -0.126.